The summed E-state index contributed by atoms with van der Waals surface area (Å²) < 4.78 is 11.2. The zero-order valence-corrected chi connectivity index (χ0v) is 16.9. The van der Waals surface area contributed by atoms with E-state index in [1.165, 1.54) is 0 Å². The molecule has 6 nitrogen and oxygen atoms in total. The molecule has 2 atom stereocenters. The predicted octanol–water partition coefficient (Wildman–Crippen LogP) is 2.69. The molecule has 2 N–H and O–H groups in total. The second-order valence-electron chi connectivity index (χ2n) is 7.44. The van der Waals surface area contributed by atoms with Crippen LogP contribution in [0.15, 0.2) is 10.4 Å². The van der Waals surface area contributed by atoms with E-state index in [0.717, 1.165) is 36.2 Å². The number of nitrogens with one attached hydrogen (secondary N) is 2. The van der Waals surface area contributed by atoms with Crippen LogP contribution in [0, 0.1) is 0 Å². The van der Waals surface area contributed by atoms with Crippen molar-refractivity contribution in [2.45, 2.75) is 65.1 Å². The lowest BCUT2D eigenvalue weighted by molar-refractivity contribution is 0.0347. The third kappa shape index (κ3) is 6.92. The highest BCUT2D eigenvalue weighted by Crippen LogP contribution is 2.24. The first-order valence-electron chi connectivity index (χ1n) is 9.07. The van der Waals surface area contributed by atoms with Gasteiger partial charge >= 0.3 is 0 Å². The molecule has 1 saturated heterocycles. The van der Waals surface area contributed by atoms with Gasteiger partial charge in [-0.3, -0.25) is 0 Å². The number of hydrogen-bond acceptors (Lipinski definition) is 5. The minimum atomic E-state index is 0.0804. The van der Waals surface area contributed by atoms with Gasteiger partial charge in [-0.05, 0) is 20.3 Å². The van der Waals surface area contributed by atoms with Crippen molar-refractivity contribution in [3.8, 4) is 0 Å². The Morgan fingerprint density at radius 2 is 2.32 bits per heavy atom. The van der Waals surface area contributed by atoms with Crippen molar-refractivity contribution in [2.75, 3.05) is 26.4 Å². The SMILES string of the molecule is CCNC(=NCc1nc(C(C)(C)C)cs1)NC(C)COC1CCOC1. The molecule has 1 fully saturated rings. The molecule has 1 aliphatic heterocycles. The number of nitrogens with zero attached hydrogens (tertiary/aromatic N) is 2. The first kappa shape index (κ1) is 20.1. The van der Waals surface area contributed by atoms with E-state index in [0.29, 0.717) is 19.8 Å². The highest BCUT2D eigenvalue weighted by Gasteiger charge is 2.18. The Labute approximate surface area is 155 Å². The van der Waals surface area contributed by atoms with E-state index >= 15 is 0 Å². The summed E-state index contributed by atoms with van der Waals surface area (Å²) in [4.78, 5) is 9.36. The lowest BCUT2D eigenvalue weighted by atomic mass is 9.93. The largest absolute Gasteiger partial charge is 0.379 e. The zero-order chi connectivity index (χ0) is 18.3. The summed E-state index contributed by atoms with van der Waals surface area (Å²) in [5.74, 6) is 0.800. The lowest BCUT2D eigenvalue weighted by Crippen LogP contribution is -2.44. The summed E-state index contributed by atoms with van der Waals surface area (Å²) in [5.41, 5.74) is 1.21. The minimum Gasteiger partial charge on any atom is -0.379 e. The van der Waals surface area contributed by atoms with Crippen LogP contribution < -0.4 is 10.6 Å². The summed E-state index contributed by atoms with van der Waals surface area (Å²) in [6.45, 7) is 14.3. The highest BCUT2D eigenvalue weighted by molar-refractivity contribution is 7.09. The molecule has 2 unspecified atom stereocenters. The van der Waals surface area contributed by atoms with Gasteiger partial charge in [0.1, 0.15) is 5.01 Å². The Morgan fingerprint density at radius 3 is 2.92 bits per heavy atom. The molecular formula is C18H32N4O2S. The van der Waals surface area contributed by atoms with Gasteiger partial charge in [-0.25, -0.2) is 9.98 Å². The fourth-order valence-corrected chi connectivity index (χ4v) is 3.34. The van der Waals surface area contributed by atoms with Crippen molar-refractivity contribution < 1.29 is 9.47 Å². The van der Waals surface area contributed by atoms with Gasteiger partial charge in [-0.15, -0.1) is 11.3 Å². The van der Waals surface area contributed by atoms with Gasteiger partial charge in [0.05, 0.1) is 31.6 Å². The molecule has 1 aromatic rings. The van der Waals surface area contributed by atoms with Gasteiger partial charge in [0.2, 0.25) is 0 Å². The van der Waals surface area contributed by atoms with Crippen molar-refractivity contribution in [1.29, 1.82) is 0 Å². The average molecular weight is 369 g/mol. The topological polar surface area (TPSA) is 67.8 Å². The summed E-state index contributed by atoms with van der Waals surface area (Å²) in [6.07, 6.45) is 1.22. The minimum absolute atomic E-state index is 0.0804. The molecule has 0 spiro atoms. The molecular weight excluding hydrogens is 336 g/mol. The van der Waals surface area contributed by atoms with Gasteiger partial charge in [-0.1, -0.05) is 20.8 Å². The van der Waals surface area contributed by atoms with Crippen LogP contribution in [0.5, 0.6) is 0 Å². The fraction of sp³-hybridized carbons (Fsp3) is 0.778. The van der Waals surface area contributed by atoms with E-state index in [4.69, 9.17) is 14.5 Å². The second kappa shape index (κ2) is 9.50. The van der Waals surface area contributed by atoms with E-state index in [1.54, 1.807) is 11.3 Å². The number of aromatic nitrogens is 1. The van der Waals surface area contributed by atoms with Crippen LogP contribution in [0.2, 0.25) is 0 Å². The van der Waals surface area contributed by atoms with E-state index in [9.17, 15) is 0 Å². The fourth-order valence-electron chi connectivity index (χ4n) is 2.39. The van der Waals surface area contributed by atoms with E-state index in [-0.39, 0.29) is 17.6 Å². The Hall–Kier alpha value is -1.18. The molecule has 0 aliphatic carbocycles. The van der Waals surface area contributed by atoms with Crippen LogP contribution in [0.4, 0.5) is 0 Å². The van der Waals surface area contributed by atoms with Crippen molar-refractivity contribution in [2.24, 2.45) is 4.99 Å². The van der Waals surface area contributed by atoms with Crippen molar-refractivity contribution >= 4 is 17.3 Å². The molecule has 1 aliphatic rings. The van der Waals surface area contributed by atoms with Gasteiger partial charge in [0.25, 0.3) is 0 Å². The van der Waals surface area contributed by atoms with Crippen LogP contribution >= 0.6 is 11.3 Å². The zero-order valence-electron chi connectivity index (χ0n) is 16.1. The van der Waals surface area contributed by atoms with Gasteiger partial charge in [-0.2, -0.15) is 0 Å². The Balaban J connectivity index is 1.85. The molecule has 2 rings (SSSR count). The summed E-state index contributed by atoms with van der Waals surface area (Å²) in [6, 6.07) is 0.180. The van der Waals surface area contributed by atoms with Crippen molar-refractivity contribution in [1.82, 2.24) is 15.6 Å². The molecule has 1 aromatic heterocycles. The summed E-state index contributed by atoms with van der Waals surface area (Å²) in [7, 11) is 0. The van der Waals surface area contributed by atoms with Gasteiger partial charge in [0.15, 0.2) is 5.96 Å². The van der Waals surface area contributed by atoms with Crippen LogP contribution in [0.1, 0.15) is 51.7 Å². The number of thiazole rings is 1. The monoisotopic (exact) mass is 368 g/mol. The Morgan fingerprint density at radius 1 is 1.52 bits per heavy atom. The number of aliphatic imine (C=N–C) groups is 1. The van der Waals surface area contributed by atoms with Crippen LogP contribution in [0.25, 0.3) is 0 Å². The molecule has 25 heavy (non-hydrogen) atoms. The standard InChI is InChI=1S/C18H32N4O2S/c1-6-19-17(21-13(2)10-24-14-7-8-23-11-14)20-9-16-22-15(12-25-16)18(3,4)5/h12-14H,6-11H2,1-5H3,(H2,19,20,21). The van der Waals surface area contributed by atoms with Crippen LogP contribution in [-0.2, 0) is 21.4 Å². The van der Waals surface area contributed by atoms with E-state index < -0.39 is 0 Å². The molecule has 2 heterocycles. The number of hydrogen-bond donors (Lipinski definition) is 2. The number of ether oxygens (including phenoxy) is 2. The molecule has 0 amide bonds. The first-order valence-corrected chi connectivity index (χ1v) is 9.95. The molecule has 0 radical (unpaired) electrons. The Bertz CT molecular complexity index is 548. The molecule has 0 aromatic carbocycles. The van der Waals surface area contributed by atoms with E-state index in [2.05, 4.69) is 55.6 Å². The maximum atomic E-state index is 5.87. The van der Waals surface area contributed by atoms with Gasteiger partial charge < -0.3 is 20.1 Å². The normalized spacial score (nSPS) is 19.9. The highest BCUT2D eigenvalue weighted by atomic mass is 32.1. The van der Waals surface area contributed by atoms with Crippen molar-refractivity contribution in [3.05, 3.63) is 16.1 Å². The predicted molar refractivity (Wildman–Crippen MR) is 103 cm³/mol. The number of guanidine groups is 1. The van der Waals surface area contributed by atoms with Crippen molar-refractivity contribution in [3.63, 3.8) is 0 Å². The van der Waals surface area contributed by atoms with E-state index in [1.807, 2.05) is 0 Å². The smallest absolute Gasteiger partial charge is 0.191 e. The third-order valence-electron chi connectivity index (χ3n) is 3.89. The molecule has 0 saturated carbocycles. The first-order chi connectivity index (χ1) is 11.9. The summed E-state index contributed by atoms with van der Waals surface area (Å²) in [5, 5.41) is 9.85. The average Bonchev–Trinajstić information content (AvgIpc) is 3.22. The van der Waals surface area contributed by atoms with Gasteiger partial charge in [0, 0.05) is 30.0 Å². The lowest BCUT2D eigenvalue weighted by Gasteiger charge is -2.19. The molecule has 0 bridgehead atoms. The maximum absolute atomic E-state index is 5.87. The second-order valence-corrected chi connectivity index (χ2v) is 8.38. The molecule has 7 heteroatoms. The maximum Gasteiger partial charge on any atom is 0.191 e. The quantitative estimate of drug-likeness (QED) is 0.572. The van der Waals surface area contributed by atoms with Crippen LogP contribution in [-0.4, -0.2) is 49.5 Å². The third-order valence-corrected chi connectivity index (χ3v) is 4.72. The van der Waals surface area contributed by atoms with Crippen LogP contribution in [0.3, 0.4) is 0 Å². The number of rotatable bonds is 7. The summed E-state index contributed by atoms with van der Waals surface area (Å²) >= 11 is 1.67. The molecule has 142 valence electrons. The Kier molecular flexibility index (Phi) is 7.65.